The molecule has 2 unspecified atom stereocenters. The van der Waals surface area contributed by atoms with Crippen molar-refractivity contribution < 1.29 is 18.7 Å². The van der Waals surface area contributed by atoms with E-state index in [9.17, 15) is 0 Å². The van der Waals surface area contributed by atoms with Gasteiger partial charge in [0.2, 0.25) is 13.3 Å². The van der Waals surface area contributed by atoms with Gasteiger partial charge in [0, 0.05) is 47.3 Å². The van der Waals surface area contributed by atoms with Crippen LogP contribution in [0.2, 0.25) is 0 Å². The molecule has 10 heteroatoms. The summed E-state index contributed by atoms with van der Waals surface area (Å²) < 4.78 is 33.0. The largest absolute Gasteiger partial charge is 0.493 e. The number of halogens is 1. The third kappa shape index (κ3) is 4.77. The zero-order chi connectivity index (χ0) is 28.9. The molecule has 6 rings (SSSR count). The van der Waals surface area contributed by atoms with E-state index in [2.05, 4.69) is 65.5 Å². The number of benzene rings is 3. The predicted molar refractivity (Wildman–Crippen MR) is 169 cm³/mol. The summed E-state index contributed by atoms with van der Waals surface area (Å²) in [4.78, 5) is 7.51. The Kier molecular flexibility index (Phi) is 7.43. The maximum absolute atomic E-state index is 7.16. The van der Waals surface area contributed by atoms with Crippen molar-refractivity contribution in [2.24, 2.45) is 9.74 Å². The molecule has 0 amide bonds. The Morgan fingerprint density at radius 1 is 1.00 bits per heavy atom. The second-order valence-electron chi connectivity index (χ2n) is 11.1. The quantitative estimate of drug-likeness (QED) is 0.280. The van der Waals surface area contributed by atoms with Crippen LogP contribution in [0.25, 0.3) is 0 Å². The molecular formula is C31H36BrN4O4P. The molecule has 0 saturated carbocycles. The monoisotopic (exact) mass is 638 g/mol. The lowest BCUT2D eigenvalue weighted by Gasteiger charge is -2.41. The van der Waals surface area contributed by atoms with Gasteiger partial charge in [-0.15, -0.1) is 0 Å². The second kappa shape index (κ2) is 10.8. The van der Waals surface area contributed by atoms with Crippen LogP contribution in [-0.2, 0) is 14.7 Å². The highest BCUT2D eigenvalue weighted by Crippen LogP contribution is 2.61. The van der Waals surface area contributed by atoms with E-state index >= 15 is 0 Å². The van der Waals surface area contributed by atoms with Crippen LogP contribution in [-0.4, -0.2) is 64.2 Å². The Labute approximate surface area is 250 Å². The van der Waals surface area contributed by atoms with Crippen LogP contribution < -0.4 is 19.7 Å². The van der Waals surface area contributed by atoms with Gasteiger partial charge in [-0.25, -0.2) is 14.4 Å². The predicted octanol–water partition coefficient (Wildman–Crippen LogP) is 7.01. The van der Waals surface area contributed by atoms with E-state index in [1.807, 2.05) is 42.5 Å². The van der Waals surface area contributed by atoms with Gasteiger partial charge in [0.05, 0.1) is 44.1 Å². The summed E-state index contributed by atoms with van der Waals surface area (Å²) in [6.07, 6.45) is 0. The minimum absolute atomic E-state index is 0.0509. The molecule has 2 atom stereocenters. The lowest BCUT2D eigenvalue weighted by atomic mass is 9.81. The fourth-order valence-electron chi connectivity index (χ4n) is 5.84. The average molecular weight is 640 g/mol. The summed E-state index contributed by atoms with van der Waals surface area (Å²) in [6.45, 7) is 9.58. The number of methoxy groups -OCH3 is 2. The van der Waals surface area contributed by atoms with Gasteiger partial charge in [-0.2, -0.15) is 0 Å². The van der Waals surface area contributed by atoms with E-state index in [4.69, 9.17) is 28.5 Å². The molecule has 0 aliphatic carbocycles. The number of aliphatic imine (C=N–C) groups is 1. The van der Waals surface area contributed by atoms with Gasteiger partial charge < -0.3 is 23.6 Å². The molecular weight excluding hydrogens is 603 g/mol. The molecule has 3 aromatic carbocycles. The van der Waals surface area contributed by atoms with Crippen LogP contribution >= 0.6 is 23.4 Å². The second-order valence-corrected chi connectivity index (χ2v) is 14.6. The molecule has 3 aliphatic rings. The van der Waals surface area contributed by atoms with Gasteiger partial charge in [-0.1, -0.05) is 29.8 Å². The summed E-state index contributed by atoms with van der Waals surface area (Å²) in [5.74, 6) is 1.79. The topological polar surface area (TPSA) is 68.1 Å². The van der Waals surface area contributed by atoms with E-state index in [1.54, 1.807) is 14.2 Å². The van der Waals surface area contributed by atoms with Crippen LogP contribution in [0.1, 0.15) is 31.9 Å². The standard InChI is InChI=1S/C31H36BrN4O4P/c1-20-31(2,3)24-18-29-25(19-26(24)35(20)4)33-30(21-7-12-27(37-5)28(17-21)38-6)40-41(29,36-13-15-39-16-14-36)34-23-10-8-22(32)9-11-23/h7-12,17-20H,13-16H2,1-6H3. The molecule has 0 radical (unpaired) electrons. The minimum atomic E-state index is -2.84. The molecule has 0 bridgehead atoms. The number of fused-ring (bicyclic) bond motifs is 2. The Balaban J connectivity index is 1.65. The zero-order valence-electron chi connectivity index (χ0n) is 24.3. The van der Waals surface area contributed by atoms with E-state index in [0.717, 1.165) is 26.7 Å². The van der Waals surface area contributed by atoms with Crippen molar-refractivity contribution in [2.75, 3.05) is 52.5 Å². The smallest absolute Gasteiger partial charge is 0.242 e. The molecule has 3 heterocycles. The summed E-state index contributed by atoms with van der Waals surface area (Å²) in [5, 5.41) is 1.04. The number of anilines is 1. The first-order chi connectivity index (χ1) is 19.7. The highest BCUT2D eigenvalue weighted by molar-refractivity contribution is 9.10. The third-order valence-electron chi connectivity index (χ3n) is 8.62. The highest BCUT2D eigenvalue weighted by atomic mass is 79.9. The Hall–Kier alpha value is -2.84. The minimum Gasteiger partial charge on any atom is -0.493 e. The Morgan fingerprint density at radius 3 is 2.39 bits per heavy atom. The van der Waals surface area contributed by atoms with E-state index < -0.39 is 7.43 Å². The van der Waals surface area contributed by atoms with Gasteiger partial charge in [0.15, 0.2) is 11.5 Å². The van der Waals surface area contributed by atoms with Crippen LogP contribution in [0, 0.1) is 0 Å². The number of ether oxygens (including phenoxy) is 3. The molecule has 0 spiro atoms. The van der Waals surface area contributed by atoms with Crippen LogP contribution in [0.4, 0.5) is 17.1 Å². The van der Waals surface area contributed by atoms with Crippen molar-refractivity contribution in [1.82, 2.24) is 4.67 Å². The summed E-state index contributed by atoms with van der Waals surface area (Å²) in [5.41, 5.74) is 4.99. The first kappa shape index (κ1) is 28.3. The molecule has 0 N–H and O–H groups in total. The Bertz CT molecular complexity index is 1570. The van der Waals surface area contributed by atoms with Crippen molar-refractivity contribution in [3.63, 3.8) is 0 Å². The molecule has 3 aliphatic heterocycles. The van der Waals surface area contributed by atoms with E-state index in [1.165, 1.54) is 11.3 Å². The summed E-state index contributed by atoms with van der Waals surface area (Å²) >= 11 is 3.57. The van der Waals surface area contributed by atoms with Crippen molar-refractivity contribution in [1.29, 1.82) is 0 Å². The number of nitrogens with zero attached hydrogens (tertiary/aromatic N) is 4. The maximum atomic E-state index is 7.16. The van der Waals surface area contributed by atoms with Gasteiger partial charge in [-0.3, -0.25) is 0 Å². The van der Waals surface area contributed by atoms with Crippen LogP contribution in [0.3, 0.4) is 0 Å². The lowest BCUT2D eigenvalue weighted by molar-refractivity contribution is 0.0716. The summed E-state index contributed by atoms with van der Waals surface area (Å²) in [7, 11) is 2.59. The van der Waals surface area contributed by atoms with Gasteiger partial charge in [0.25, 0.3) is 0 Å². The highest BCUT2D eigenvalue weighted by Gasteiger charge is 2.46. The fraction of sp³-hybridized carbons (Fsp3) is 0.387. The van der Waals surface area contributed by atoms with Crippen molar-refractivity contribution in [2.45, 2.75) is 32.2 Å². The number of likely N-dealkylation sites (N-methyl/N-ethyl adjacent to an activating group) is 1. The zero-order valence-corrected chi connectivity index (χ0v) is 26.8. The Morgan fingerprint density at radius 2 is 1.71 bits per heavy atom. The molecule has 41 heavy (non-hydrogen) atoms. The molecule has 8 nitrogen and oxygen atoms in total. The number of rotatable bonds is 5. The van der Waals surface area contributed by atoms with Gasteiger partial charge in [0.1, 0.15) is 0 Å². The van der Waals surface area contributed by atoms with Crippen molar-refractivity contribution in [3.8, 4) is 11.5 Å². The van der Waals surface area contributed by atoms with E-state index in [-0.39, 0.29) is 5.41 Å². The normalized spacial score (nSPS) is 23.2. The molecule has 3 aromatic rings. The summed E-state index contributed by atoms with van der Waals surface area (Å²) in [6, 6.07) is 18.7. The molecule has 1 saturated heterocycles. The first-order valence-corrected chi connectivity index (χ1v) is 16.2. The fourth-order valence-corrected chi connectivity index (χ4v) is 9.14. The number of hydrogen-bond acceptors (Lipinski definition) is 7. The number of hydrogen-bond donors (Lipinski definition) is 0. The van der Waals surface area contributed by atoms with Crippen LogP contribution in [0.15, 0.2) is 68.8 Å². The van der Waals surface area contributed by atoms with Gasteiger partial charge in [-0.05, 0) is 67.1 Å². The SMILES string of the molecule is COc1ccc(C2=Nc3cc4c(cc3P(=Nc3ccc(Br)cc3)(N3CCOCC3)O2)C(C)(C)C(C)N4C)cc1OC. The maximum Gasteiger partial charge on any atom is 0.242 e. The third-order valence-corrected chi connectivity index (χ3v) is 12.2. The van der Waals surface area contributed by atoms with Crippen molar-refractivity contribution >= 4 is 51.6 Å². The number of morpholine rings is 1. The average Bonchev–Trinajstić information content (AvgIpc) is 3.16. The molecule has 0 aromatic heterocycles. The first-order valence-electron chi connectivity index (χ1n) is 13.8. The van der Waals surface area contributed by atoms with Gasteiger partial charge >= 0.3 is 0 Å². The lowest BCUT2D eigenvalue weighted by Crippen LogP contribution is -2.39. The molecule has 1 fully saturated rings. The molecule has 216 valence electrons. The van der Waals surface area contributed by atoms with Crippen LogP contribution in [0.5, 0.6) is 11.5 Å². The van der Waals surface area contributed by atoms with Crippen molar-refractivity contribution in [3.05, 3.63) is 70.2 Å². The van der Waals surface area contributed by atoms with E-state index in [0.29, 0.717) is 49.7 Å².